The van der Waals surface area contributed by atoms with Gasteiger partial charge in [-0.25, -0.2) is 4.79 Å². The Morgan fingerprint density at radius 1 is 1.21 bits per heavy atom. The van der Waals surface area contributed by atoms with Crippen LogP contribution in [-0.4, -0.2) is 71.8 Å². The summed E-state index contributed by atoms with van der Waals surface area (Å²) in [5, 5.41) is 9.62. The Hall–Kier alpha value is -2.28. The van der Waals surface area contributed by atoms with Crippen LogP contribution in [0, 0.1) is 0 Å². The number of carboxylic acid groups (broad SMARTS) is 1. The molecule has 2 aliphatic heterocycles. The predicted molar refractivity (Wildman–Crippen MR) is 113 cm³/mol. The van der Waals surface area contributed by atoms with Crippen LogP contribution >= 0.6 is 0 Å². The summed E-state index contributed by atoms with van der Waals surface area (Å²) in [7, 11) is 1.64. The molecule has 1 fully saturated rings. The molecule has 0 unspecified atom stereocenters. The highest BCUT2D eigenvalue weighted by molar-refractivity contribution is 5.96. The van der Waals surface area contributed by atoms with Gasteiger partial charge in [-0.1, -0.05) is 6.07 Å². The first-order valence-electron chi connectivity index (χ1n) is 10.4. The first-order valence-corrected chi connectivity index (χ1v) is 10.4. The number of hydrogen-bond acceptors (Lipinski definition) is 4. The number of benzene rings is 1. The van der Waals surface area contributed by atoms with Crippen molar-refractivity contribution in [1.29, 1.82) is 0 Å². The van der Waals surface area contributed by atoms with E-state index >= 15 is 0 Å². The largest absolute Gasteiger partial charge is 0.497 e. The van der Waals surface area contributed by atoms with Crippen molar-refractivity contribution >= 4 is 17.7 Å². The monoisotopic (exact) mass is 403 g/mol. The molecule has 0 spiro atoms. The molecule has 0 atom stereocenters. The zero-order valence-electron chi connectivity index (χ0n) is 18.0. The predicted octanol–water partition coefficient (Wildman–Crippen LogP) is 3.22. The molecule has 2 aliphatic rings. The molecular formula is C22H33N3O4. The molecular weight excluding hydrogens is 370 g/mol. The number of amides is 2. The third kappa shape index (κ3) is 4.83. The zero-order chi connectivity index (χ0) is 21.2. The molecule has 3 rings (SSSR count). The van der Waals surface area contributed by atoms with Gasteiger partial charge in [-0.3, -0.25) is 4.79 Å². The fourth-order valence-electron chi connectivity index (χ4n) is 4.52. The number of aryl methyl sites for hydroxylation is 1. The summed E-state index contributed by atoms with van der Waals surface area (Å²) in [5.41, 5.74) is 1.74. The summed E-state index contributed by atoms with van der Waals surface area (Å²) in [6, 6.07) is 5.99. The van der Waals surface area contributed by atoms with E-state index in [1.807, 2.05) is 43.9 Å². The maximum Gasteiger partial charge on any atom is 0.407 e. The molecule has 0 aliphatic carbocycles. The van der Waals surface area contributed by atoms with Gasteiger partial charge in [0.25, 0.3) is 0 Å². The summed E-state index contributed by atoms with van der Waals surface area (Å²) in [4.78, 5) is 30.1. The van der Waals surface area contributed by atoms with Crippen LogP contribution in [0.3, 0.4) is 0 Å². The van der Waals surface area contributed by atoms with Gasteiger partial charge in [0.05, 0.1) is 12.8 Å². The summed E-state index contributed by atoms with van der Waals surface area (Å²) < 4.78 is 5.34. The van der Waals surface area contributed by atoms with Crippen molar-refractivity contribution in [2.75, 3.05) is 38.2 Å². The average Bonchev–Trinajstić information content (AvgIpc) is 2.66. The summed E-state index contributed by atoms with van der Waals surface area (Å²) >= 11 is 0. The minimum atomic E-state index is -0.847. The smallest absolute Gasteiger partial charge is 0.407 e. The summed E-state index contributed by atoms with van der Waals surface area (Å²) in [5.74, 6) is 0.922. The van der Waals surface area contributed by atoms with Crippen molar-refractivity contribution in [3.05, 3.63) is 23.8 Å². The van der Waals surface area contributed by atoms with Crippen LogP contribution in [0.1, 0.15) is 45.6 Å². The number of carbonyl (C=O) groups is 2. The number of anilines is 1. The SMILES string of the molecule is COc1ccc2c(c1)N(CCN1CCC(N(C(=O)O)C(C)(C)C)CC1)C(=O)CC2. The molecule has 0 radical (unpaired) electrons. The van der Waals surface area contributed by atoms with Crippen molar-refractivity contribution in [1.82, 2.24) is 9.80 Å². The van der Waals surface area contributed by atoms with Crippen molar-refractivity contribution in [3.63, 3.8) is 0 Å². The van der Waals surface area contributed by atoms with Crippen LogP contribution in [0.5, 0.6) is 5.75 Å². The van der Waals surface area contributed by atoms with Crippen LogP contribution in [0.4, 0.5) is 10.5 Å². The minimum absolute atomic E-state index is 0.0466. The third-order valence-electron chi connectivity index (χ3n) is 5.98. The Balaban J connectivity index is 1.60. The molecule has 7 nitrogen and oxygen atoms in total. The molecule has 1 aromatic carbocycles. The zero-order valence-corrected chi connectivity index (χ0v) is 18.0. The van der Waals surface area contributed by atoms with Crippen LogP contribution in [0.2, 0.25) is 0 Å². The van der Waals surface area contributed by atoms with Crippen LogP contribution in [-0.2, 0) is 11.2 Å². The molecule has 0 bridgehead atoms. The van der Waals surface area contributed by atoms with Gasteiger partial charge in [-0.2, -0.15) is 0 Å². The fraction of sp³-hybridized carbons (Fsp3) is 0.636. The molecule has 1 N–H and O–H groups in total. The topological polar surface area (TPSA) is 73.3 Å². The summed E-state index contributed by atoms with van der Waals surface area (Å²) in [6.45, 7) is 8.96. The first-order chi connectivity index (χ1) is 13.7. The molecule has 0 aromatic heterocycles. The van der Waals surface area contributed by atoms with E-state index in [0.717, 1.165) is 50.3 Å². The molecule has 1 saturated heterocycles. The van der Waals surface area contributed by atoms with E-state index in [2.05, 4.69) is 4.90 Å². The Bertz CT molecular complexity index is 751. The maximum atomic E-state index is 12.6. The lowest BCUT2D eigenvalue weighted by Crippen LogP contribution is -2.55. The molecule has 0 saturated carbocycles. The second-order valence-electron chi connectivity index (χ2n) is 8.94. The molecule has 29 heavy (non-hydrogen) atoms. The van der Waals surface area contributed by atoms with Crippen molar-refractivity contribution in [3.8, 4) is 5.75 Å². The van der Waals surface area contributed by atoms with Gasteiger partial charge in [0.1, 0.15) is 5.75 Å². The third-order valence-corrected chi connectivity index (χ3v) is 5.98. The van der Waals surface area contributed by atoms with Crippen LogP contribution < -0.4 is 9.64 Å². The highest BCUT2D eigenvalue weighted by Gasteiger charge is 2.35. The Kier molecular flexibility index (Phi) is 6.36. The second-order valence-corrected chi connectivity index (χ2v) is 8.94. The number of rotatable bonds is 5. The molecule has 7 heteroatoms. The van der Waals surface area contributed by atoms with Gasteiger partial charge in [-0.05, 0) is 51.7 Å². The number of piperidine rings is 1. The van der Waals surface area contributed by atoms with E-state index in [9.17, 15) is 14.7 Å². The van der Waals surface area contributed by atoms with Gasteiger partial charge in [0.2, 0.25) is 5.91 Å². The van der Waals surface area contributed by atoms with Gasteiger partial charge in [0.15, 0.2) is 0 Å². The van der Waals surface area contributed by atoms with E-state index in [4.69, 9.17) is 4.74 Å². The van der Waals surface area contributed by atoms with Crippen molar-refractivity contribution in [2.45, 2.75) is 58.0 Å². The minimum Gasteiger partial charge on any atom is -0.497 e. The lowest BCUT2D eigenvalue weighted by molar-refractivity contribution is -0.119. The second kappa shape index (κ2) is 8.61. The number of fused-ring (bicyclic) bond motifs is 1. The number of hydrogen-bond donors (Lipinski definition) is 1. The number of ether oxygens (including phenoxy) is 1. The number of likely N-dealkylation sites (tertiary alicyclic amines) is 1. The Morgan fingerprint density at radius 2 is 1.90 bits per heavy atom. The van der Waals surface area contributed by atoms with E-state index in [0.29, 0.717) is 13.0 Å². The first kappa shape index (κ1) is 21.4. The molecule has 2 heterocycles. The van der Waals surface area contributed by atoms with E-state index in [-0.39, 0.29) is 11.9 Å². The lowest BCUT2D eigenvalue weighted by atomic mass is 9.97. The lowest BCUT2D eigenvalue weighted by Gasteiger charge is -2.43. The number of methoxy groups -OCH3 is 1. The summed E-state index contributed by atoms with van der Waals surface area (Å²) in [6.07, 6.45) is 2.11. The molecule has 2 amide bonds. The van der Waals surface area contributed by atoms with Gasteiger partial charge in [-0.15, -0.1) is 0 Å². The normalized spacial score (nSPS) is 18.5. The number of carbonyl (C=O) groups excluding carboxylic acids is 1. The van der Waals surface area contributed by atoms with E-state index in [1.165, 1.54) is 5.56 Å². The number of nitrogens with zero attached hydrogens (tertiary/aromatic N) is 3. The van der Waals surface area contributed by atoms with Crippen molar-refractivity contribution < 1.29 is 19.4 Å². The maximum absolute atomic E-state index is 12.6. The van der Waals surface area contributed by atoms with E-state index < -0.39 is 11.6 Å². The highest BCUT2D eigenvalue weighted by Crippen LogP contribution is 2.31. The highest BCUT2D eigenvalue weighted by atomic mass is 16.5. The van der Waals surface area contributed by atoms with Crippen LogP contribution in [0.25, 0.3) is 0 Å². The van der Waals surface area contributed by atoms with Gasteiger partial charge >= 0.3 is 6.09 Å². The average molecular weight is 404 g/mol. The van der Waals surface area contributed by atoms with Gasteiger partial charge in [0, 0.05) is 50.2 Å². The van der Waals surface area contributed by atoms with E-state index in [1.54, 1.807) is 12.0 Å². The fourth-order valence-corrected chi connectivity index (χ4v) is 4.52. The Morgan fingerprint density at radius 3 is 2.48 bits per heavy atom. The molecule has 160 valence electrons. The molecule has 1 aromatic rings. The van der Waals surface area contributed by atoms with Crippen molar-refractivity contribution in [2.24, 2.45) is 0 Å². The van der Waals surface area contributed by atoms with Gasteiger partial charge < -0.3 is 24.5 Å². The Labute approximate surface area is 173 Å². The quantitative estimate of drug-likeness (QED) is 0.817. The standard InChI is InChI=1S/C22H33N3O4/c1-22(2,3)25(21(27)28)17-9-11-23(12-10-17)13-14-24-19-15-18(29-4)7-5-16(19)6-8-20(24)26/h5,7,15,17H,6,8-14H2,1-4H3,(H,27,28). The van der Waals surface area contributed by atoms with Crippen LogP contribution in [0.15, 0.2) is 18.2 Å².